The number of rotatable bonds is 3. The lowest BCUT2D eigenvalue weighted by molar-refractivity contribution is 0.121. The van der Waals surface area contributed by atoms with Crippen LogP contribution < -0.4 is 5.73 Å². The van der Waals surface area contributed by atoms with Crippen LogP contribution in [0.3, 0.4) is 0 Å². The third-order valence-corrected chi connectivity index (χ3v) is 5.05. The zero-order chi connectivity index (χ0) is 12.7. The largest absolute Gasteiger partial charge is 0.506 e. The van der Waals surface area contributed by atoms with Crippen molar-refractivity contribution >= 4 is 60.2 Å². The molecule has 0 spiro atoms. The summed E-state index contributed by atoms with van der Waals surface area (Å²) in [5, 5.41) is 19.9. The molecule has 3 nitrogen and oxygen atoms in total. The SMILES string of the molecule is Cl.N[C@@H](c1c(Br)cc(Br)c(O)c1Br)[C@H](O)C1CC1. The van der Waals surface area contributed by atoms with Gasteiger partial charge in [-0.3, -0.25) is 0 Å². The highest BCUT2D eigenvalue weighted by Gasteiger charge is 2.36. The second-order valence-corrected chi connectivity index (χ2v) is 6.77. The van der Waals surface area contributed by atoms with Crippen LogP contribution >= 0.6 is 60.2 Å². The molecule has 4 N–H and O–H groups in total. The van der Waals surface area contributed by atoms with Crippen LogP contribution in [0.4, 0.5) is 0 Å². The van der Waals surface area contributed by atoms with Crippen molar-refractivity contribution in [3.8, 4) is 5.75 Å². The van der Waals surface area contributed by atoms with Crippen molar-refractivity contribution in [1.82, 2.24) is 0 Å². The summed E-state index contributed by atoms with van der Waals surface area (Å²) in [7, 11) is 0. The first-order valence-corrected chi connectivity index (χ1v) is 7.61. The van der Waals surface area contributed by atoms with E-state index in [4.69, 9.17) is 5.73 Å². The van der Waals surface area contributed by atoms with Gasteiger partial charge in [0.05, 0.1) is 21.1 Å². The van der Waals surface area contributed by atoms with Crippen molar-refractivity contribution < 1.29 is 10.2 Å². The smallest absolute Gasteiger partial charge is 0.144 e. The molecule has 0 amide bonds. The Labute approximate surface area is 137 Å². The van der Waals surface area contributed by atoms with E-state index >= 15 is 0 Å². The highest BCUT2D eigenvalue weighted by atomic mass is 79.9. The van der Waals surface area contributed by atoms with E-state index in [2.05, 4.69) is 47.8 Å². The molecule has 0 bridgehead atoms. The van der Waals surface area contributed by atoms with Crippen LogP contribution in [-0.2, 0) is 0 Å². The molecule has 1 aromatic carbocycles. The van der Waals surface area contributed by atoms with Gasteiger partial charge in [0.1, 0.15) is 5.75 Å². The number of hydrogen-bond acceptors (Lipinski definition) is 3. The van der Waals surface area contributed by atoms with Gasteiger partial charge >= 0.3 is 0 Å². The minimum absolute atomic E-state index is 0. The quantitative estimate of drug-likeness (QED) is 0.634. The van der Waals surface area contributed by atoms with Gasteiger partial charge in [-0.15, -0.1) is 12.4 Å². The number of nitrogens with two attached hydrogens (primary N) is 1. The molecule has 0 heterocycles. The summed E-state index contributed by atoms with van der Waals surface area (Å²) in [4.78, 5) is 0. The first-order chi connectivity index (χ1) is 7.93. The molecule has 1 aliphatic rings. The van der Waals surface area contributed by atoms with E-state index in [9.17, 15) is 10.2 Å². The molecule has 2 rings (SSSR count). The van der Waals surface area contributed by atoms with Crippen LogP contribution in [0.25, 0.3) is 0 Å². The van der Waals surface area contributed by atoms with Crippen molar-refractivity contribution in [1.29, 1.82) is 0 Å². The molecule has 102 valence electrons. The average molecular weight is 466 g/mol. The summed E-state index contributed by atoms with van der Waals surface area (Å²) in [6.07, 6.45) is 1.47. The van der Waals surface area contributed by atoms with Crippen LogP contribution in [0.15, 0.2) is 19.5 Å². The van der Waals surface area contributed by atoms with E-state index in [-0.39, 0.29) is 24.1 Å². The van der Waals surface area contributed by atoms with Gasteiger partial charge in [-0.25, -0.2) is 0 Å². The standard InChI is InChI=1S/C11H12Br3NO2.ClH/c12-5-3-6(13)11(17)8(14)7(5)9(15)10(16)4-1-2-4;/h3-4,9-10,16-17H,1-2,15H2;1H/t9-,10+;/m0./s1. The Balaban J connectivity index is 0.00000162. The summed E-state index contributed by atoms with van der Waals surface area (Å²) in [6.45, 7) is 0. The fraction of sp³-hybridized carbons (Fsp3) is 0.455. The van der Waals surface area contributed by atoms with Crippen LogP contribution in [-0.4, -0.2) is 16.3 Å². The van der Waals surface area contributed by atoms with Crippen LogP contribution in [0, 0.1) is 5.92 Å². The van der Waals surface area contributed by atoms with E-state index in [0.29, 0.717) is 14.5 Å². The van der Waals surface area contributed by atoms with Gasteiger partial charge in [-0.1, -0.05) is 15.9 Å². The van der Waals surface area contributed by atoms with Crippen molar-refractivity contribution in [2.45, 2.75) is 25.0 Å². The Kier molecular flexibility index (Phi) is 5.96. The van der Waals surface area contributed by atoms with E-state index in [1.54, 1.807) is 6.07 Å². The summed E-state index contributed by atoms with van der Waals surface area (Å²) in [6, 6.07) is 1.22. The lowest BCUT2D eigenvalue weighted by Crippen LogP contribution is -2.28. The van der Waals surface area contributed by atoms with Crippen molar-refractivity contribution in [3.05, 3.63) is 25.0 Å². The van der Waals surface area contributed by atoms with Crippen LogP contribution in [0.5, 0.6) is 5.75 Å². The summed E-state index contributed by atoms with van der Waals surface area (Å²) >= 11 is 9.97. The number of halogens is 4. The fourth-order valence-corrected chi connectivity index (χ4v) is 4.45. The van der Waals surface area contributed by atoms with Crippen LogP contribution in [0.1, 0.15) is 24.4 Å². The van der Waals surface area contributed by atoms with Crippen molar-refractivity contribution in [3.63, 3.8) is 0 Å². The molecule has 2 atom stereocenters. The Morgan fingerprint density at radius 2 is 1.78 bits per heavy atom. The Morgan fingerprint density at radius 1 is 1.22 bits per heavy atom. The van der Waals surface area contributed by atoms with E-state index in [1.807, 2.05) is 0 Å². The first kappa shape index (κ1) is 16.7. The lowest BCUT2D eigenvalue weighted by Gasteiger charge is -2.22. The van der Waals surface area contributed by atoms with Gasteiger partial charge < -0.3 is 15.9 Å². The van der Waals surface area contributed by atoms with Gasteiger partial charge in [0.25, 0.3) is 0 Å². The number of phenolic OH excluding ortho intramolecular Hbond substituents is 1. The Hall–Kier alpha value is 0.670. The lowest BCUT2D eigenvalue weighted by atomic mass is 9.99. The van der Waals surface area contributed by atoms with Crippen molar-refractivity contribution in [2.75, 3.05) is 0 Å². The highest BCUT2D eigenvalue weighted by molar-refractivity contribution is 9.11. The third kappa shape index (κ3) is 3.22. The monoisotopic (exact) mass is 463 g/mol. The second kappa shape index (κ2) is 6.41. The average Bonchev–Trinajstić information content (AvgIpc) is 3.08. The van der Waals surface area contributed by atoms with E-state index in [1.165, 1.54) is 0 Å². The molecule has 0 unspecified atom stereocenters. The fourth-order valence-electron chi connectivity index (χ4n) is 1.80. The molecular formula is C11H13Br3ClNO2. The van der Waals surface area contributed by atoms with Gasteiger partial charge in [-0.05, 0) is 56.7 Å². The predicted octanol–water partition coefficient (Wildman–Crippen LogP) is 3.87. The number of aromatic hydroxyl groups is 1. The van der Waals surface area contributed by atoms with Gasteiger partial charge in [0, 0.05) is 10.0 Å². The second-order valence-electron chi connectivity index (χ2n) is 4.27. The minimum Gasteiger partial charge on any atom is -0.506 e. The van der Waals surface area contributed by atoms with Gasteiger partial charge in [0.2, 0.25) is 0 Å². The molecule has 0 radical (unpaired) electrons. The highest BCUT2D eigenvalue weighted by Crippen LogP contribution is 2.45. The maximum Gasteiger partial charge on any atom is 0.144 e. The third-order valence-electron chi connectivity index (χ3n) is 2.99. The zero-order valence-electron chi connectivity index (χ0n) is 9.24. The number of phenols is 1. The molecule has 1 aromatic rings. The zero-order valence-corrected chi connectivity index (χ0v) is 14.8. The van der Waals surface area contributed by atoms with Crippen LogP contribution in [0.2, 0.25) is 0 Å². The summed E-state index contributed by atoms with van der Waals surface area (Å²) < 4.78 is 1.86. The first-order valence-electron chi connectivity index (χ1n) is 5.23. The van der Waals surface area contributed by atoms with Gasteiger partial charge in [0.15, 0.2) is 0 Å². The maximum atomic E-state index is 10.1. The molecule has 0 aromatic heterocycles. The Bertz CT molecular complexity index is 454. The molecule has 18 heavy (non-hydrogen) atoms. The molecule has 1 fully saturated rings. The Morgan fingerprint density at radius 3 is 2.28 bits per heavy atom. The number of hydrogen-bond donors (Lipinski definition) is 3. The minimum atomic E-state index is -0.567. The molecule has 1 aliphatic carbocycles. The summed E-state index contributed by atoms with van der Waals surface area (Å²) in [5.74, 6) is 0.385. The molecule has 0 saturated heterocycles. The van der Waals surface area contributed by atoms with E-state index in [0.717, 1.165) is 17.3 Å². The topological polar surface area (TPSA) is 66.5 Å². The number of benzene rings is 1. The number of aliphatic hydroxyl groups excluding tert-OH is 1. The molecule has 7 heteroatoms. The summed E-state index contributed by atoms with van der Waals surface area (Å²) in [5.41, 5.74) is 6.76. The van der Waals surface area contributed by atoms with E-state index < -0.39 is 12.1 Å². The molecule has 0 aliphatic heterocycles. The molecular weight excluding hydrogens is 453 g/mol. The van der Waals surface area contributed by atoms with Gasteiger partial charge in [-0.2, -0.15) is 0 Å². The molecule has 1 saturated carbocycles. The van der Waals surface area contributed by atoms with Crippen molar-refractivity contribution in [2.24, 2.45) is 11.7 Å². The maximum absolute atomic E-state index is 10.1. The number of aliphatic hydroxyl groups is 1. The predicted molar refractivity (Wildman–Crippen MR) is 84.1 cm³/mol. The normalized spacial score (nSPS) is 18.1.